The number of methoxy groups -OCH3 is 1. The summed E-state index contributed by atoms with van der Waals surface area (Å²) in [6.07, 6.45) is 0. The van der Waals surface area contributed by atoms with Crippen LogP contribution in [-0.2, 0) is 13.1 Å². The fourth-order valence-electron chi connectivity index (χ4n) is 3.05. The maximum atomic E-state index is 5.27. The molecule has 0 unspecified atom stereocenters. The molecule has 0 saturated carbocycles. The lowest BCUT2D eigenvalue weighted by molar-refractivity contribution is 0.414. The molecule has 0 bridgehead atoms. The van der Waals surface area contributed by atoms with Gasteiger partial charge in [0.15, 0.2) is 5.96 Å². The minimum absolute atomic E-state index is 0. The van der Waals surface area contributed by atoms with Gasteiger partial charge in [-0.2, -0.15) is 0 Å². The second-order valence-electron chi connectivity index (χ2n) is 6.27. The van der Waals surface area contributed by atoms with Crippen molar-refractivity contribution in [1.82, 2.24) is 20.2 Å². The summed E-state index contributed by atoms with van der Waals surface area (Å²) in [6.45, 7) is 7.12. The number of imidazole rings is 1. The van der Waals surface area contributed by atoms with E-state index in [1.54, 1.807) is 7.11 Å². The van der Waals surface area contributed by atoms with Gasteiger partial charge in [-0.05, 0) is 43.7 Å². The molecule has 1 heterocycles. The molecule has 28 heavy (non-hydrogen) atoms. The van der Waals surface area contributed by atoms with Crippen LogP contribution in [0.15, 0.2) is 53.5 Å². The third kappa shape index (κ3) is 5.60. The third-order valence-electron chi connectivity index (χ3n) is 4.37. The monoisotopic (exact) mass is 493 g/mol. The fourth-order valence-corrected chi connectivity index (χ4v) is 3.05. The smallest absolute Gasteiger partial charge is 0.191 e. The van der Waals surface area contributed by atoms with Crippen molar-refractivity contribution in [1.29, 1.82) is 0 Å². The summed E-state index contributed by atoms with van der Waals surface area (Å²) >= 11 is 0. The highest BCUT2D eigenvalue weighted by Crippen LogP contribution is 2.15. The van der Waals surface area contributed by atoms with E-state index < -0.39 is 0 Å². The normalized spacial score (nSPS) is 11.2. The Morgan fingerprint density at radius 3 is 2.75 bits per heavy atom. The summed E-state index contributed by atoms with van der Waals surface area (Å²) in [7, 11) is 1.68. The lowest BCUT2D eigenvalue weighted by atomic mass is 10.2. The van der Waals surface area contributed by atoms with Crippen molar-refractivity contribution in [3.63, 3.8) is 0 Å². The van der Waals surface area contributed by atoms with Gasteiger partial charge < -0.3 is 19.9 Å². The van der Waals surface area contributed by atoms with Gasteiger partial charge in [-0.3, -0.25) is 0 Å². The number of rotatable bonds is 7. The third-order valence-corrected chi connectivity index (χ3v) is 4.37. The molecular weight excluding hydrogens is 465 g/mol. The zero-order valence-corrected chi connectivity index (χ0v) is 18.9. The highest BCUT2D eigenvalue weighted by Gasteiger charge is 2.06. The summed E-state index contributed by atoms with van der Waals surface area (Å²) in [6, 6.07) is 16.2. The molecule has 3 aromatic rings. The summed E-state index contributed by atoms with van der Waals surface area (Å²) in [4.78, 5) is 9.29. The van der Waals surface area contributed by atoms with Crippen LogP contribution in [0.4, 0.5) is 0 Å². The van der Waals surface area contributed by atoms with Crippen molar-refractivity contribution in [3.05, 3.63) is 59.9 Å². The molecule has 0 fully saturated rings. The number of hydrogen-bond acceptors (Lipinski definition) is 3. The molecule has 0 aliphatic heterocycles. The molecule has 7 heteroatoms. The predicted octanol–water partition coefficient (Wildman–Crippen LogP) is 3.73. The van der Waals surface area contributed by atoms with Crippen LogP contribution in [0.25, 0.3) is 11.0 Å². The number of aromatic nitrogens is 2. The van der Waals surface area contributed by atoms with Gasteiger partial charge in [0.05, 0.1) is 24.7 Å². The second kappa shape index (κ2) is 10.9. The average molecular weight is 493 g/mol. The van der Waals surface area contributed by atoms with E-state index in [2.05, 4.69) is 44.2 Å². The number of fused-ring (bicyclic) bond motifs is 1. The van der Waals surface area contributed by atoms with Crippen LogP contribution in [0.1, 0.15) is 18.3 Å². The molecule has 2 N–H and O–H groups in total. The van der Waals surface area contributed by atoms with E-state index >= 15 is 0 Å². The van der Waals surface area contributed by atoms with Crippen molar-refractivity contribution in [2.75, 3.05) is 20.2 Å². The standard InChI is InChI=1S/C21H27N5O.HI/c1-4-22-21(24-15-17-8-7-9-18(14-17)27-3)23-12-13-26-16(2)25-19-10-5-6-11-20(19)26;/h5-11,14H,4,12-13,15H2,1-3H3,(H2,22,23,24);1H. The van der Waals surface area contributed by atoms with Gasteiger partial charge in [-0.1, -0.05) is 24.3 Å². The van der Waals surface area contributed by atoms with Gasteiger partial charge in [0, 0.05) is 19.6 Å². The average Bonchev–Trinajstić information content (AvgIpc) is 3.01. The highest BCUT2D eigenvalue weighted by atomic mass is 127. The van der Waals surface area contributed by atoms with E-state index in [4.69, 9.17) is 4.74 Å². The number of benzene rings is 2. The SMILES string of the molecule is CCNC(=NCc1cccc(OC)c1)NCCn1c(C)nc2ccccc21.I. The summed E-state index contributed by atoms with van der Waals surface area (Å²) < 4.78 is 7.50. The van der Waals surface area contributed by atoms with Crippen LogP contribution in [0, 0.1) is 6.92 Å². The minimum Gasteiger partial charge on any atom is -0.497 e. The van der Waals surface area contributed by atoms with Crippen LogP contribution < -0.4 is 15.4 Å². The van der Waals surface area contributed by atoms with Crippen molar-refractivity contribution in [3.8, 4) is 5.75 Å². The van der Waals surface area contributed by atoms with Gasteiger partial charge in [0.2, 0.25) is 0 Å². The van der Waals surface area contributed by atoms with Crippen LogP contribution in [0.2, 0.25) is 0 Å². The number of ether oxygens (including phenoxy) is 1. The Labute approximate surface area is 183 Å². The van der Waals surface area contributed by atoms with Crippen LogP contribution in [0.5, 0.6) is 5.75 Å². The quantitative estimate of drug-likeness (QED) is 0.299. The Balaban J connectivity index is 0.00000280. The van der Waals surface area contributed by atoms with E-state index in [9.17, 15) is 0 Å². The van der Waals surface area contributed by atoms with E-state index in [1.165, 1.54) is 0 Å². The molecule has 0 atom stereocenters. The number of aryl methyl sites for hydroxylation is 1. The van der Waals surface area contributed by atoms with Gasteiger partial charge in [-0.25, -0.2) is 9.98 Å². The number of hydrogen-bond donors (Lipinski definition) is 2. The zero-order valence-electron chi connectivity index (χ0n) is 16.6. The van der Waals surface area contributed by atoms with Crippen LogP contribution in [0.3, 0.4) is 0 Å². The lowest BCUT2D eigenvalue weighted by Crippen LogP contribution is -2.38. The molecule has 0 aliphatic rings. The minimum atomic E-state index is 0. The van der Waals surface area contributed by atoms with Crippen molar-refractivity contribution in [2.24, 2.45) is 4.99 Å². The Morgan fingerprint density at radius 2 is 1.96 bits per heavy atom. The lowest BCUT2D eigenvalue weighted by Gasteiger charge is -2.13. The van der Waals surface area contributed by atoms with E-state index in [0.717, 1.165) is 53.8 Å². The Morgan fingerprint density at radius 1 is 1.14 bits per heavy atom. The highest BCUT2D eigenvalue weighted by molar-refractivity contribution is 14.0. The van der Waals surface area contributed by atoms with Crippen molar-refractivity contribution in [2.45, 2.75) is 26.9 Å². The number of halogens is 1. The maximum Gasteiger partial charge on any atom is 0.191 e. The van der Waals surface area contributed by atoms with E-state index in [1.807, 2.05) is 43.3 Å². The largest absolute Gasteiger partial charge is 0.497 e. The van der Waals surface area contributed by atoms with Crippen LogP contribution >= 0.6 is 24.0 Å². The first-order valence-electron chi connectivity index (χ1n) is 9.28. The second-order valence-corrected chi connectivity index (χ2v) is 6.27. The first kappa shape index (κ1) is 22.0. The Hall–Kier alpha value is -2.29. The summed E-state index contributed by atoms with van der Waals surface area (Å²) in [5.74, 6) is 2.68. The van der Waals surface area contributed by atoms with Crippen molar-refractivity contribution < 1.29 is 4.74 Å². The number of nitrogens with zero attached hydrogens (tertiary/aromatic N) is 3. The summed E-state index contributed by atoms with van der Waals surface area (Å²) in [5, 5.41) is 6.70. The Bertz CT molecular complexity index is 922. The molecule has 0 amide bonds. The number of nitrogens with one attached hydrogen (secondary N) is 2. The summed E-state index contributed by atoms with van der Waals surface area (Å²) in [5.41, 5.74) is 3.31. The van der Waals surface area contributed by atoms with Crippen LogP contribution in [-0.4, -0.2) is 35.7 Å². The topological polar surface area (TPSA) is 63.5 Å². The number of para-hydroxylation sites is 2. The van der Waals surface area contributed by atoms with Gasteiger partial charge >= 0.3 is 0 Å². The van der Waals surface area contributed by atoms with E-state index in [0.29, 0.717) is 6.54 Å². The molecular formula is C21H28IN5O. The first-order valence-corrected chi connectivity index (χ1v) is 9.28. The molecule has 0 radical (unpaired) electrons. The molecule has 2 aromatic carbocycles. The van der Waals surface area contributed by atoms with E-state index in [-0.39, 0.29) is 24.0 Å². The molecule has 0 spiro atoms. The van der Waals surface area contributed by atoms with Crippen molar-refractivity contribution >= 4 is 41.0 Å². The Kier molecular flexibility index (Phi) is 8.56. The molecule has 3 rings (SSSR count). The van der Waals surface area contributed by atoms with Gasteiger partial charge in [0.25, 0.3) is 0 Å². The maximum absolute atomic E-state index is 5.27. The molecule has 150 valence electrons. The molecule has 0 aliphatic carbocycles. The first-order chi connectivity index (χ1) is 13.2. The fraction of sp³-hybridized carbons (Fsp3) is 0.333. The predicted molar refractivity (Wildman–Crippen MR) is 126 cm³/mol. The molecule has 0 saturated heterocycles. The van der Waals surface area contributed by atoms with Gasteiger partial charge in [-0.15, -0.1) is 24.0 Å². The van der Waals surface area contributed by atoms with Gasteiger partial charge in [0.1, 0.15) is 11.6 Å². The molecule has 1 aromatic heterocycles. The number of aliphatic imine (C=N–C) groups is 1. The molecule has 6 nitrogen and oxygen atoms in total. The zero-order chi connectivity index (χ0) is 19.1. The number of guanidine groups is 1.